The lowest BCUT2D eigenvalue weighted by atomic mass is 10.1. The molecule has 1 amide bonds. The number of hydrogen-bond donors (Lipinski definition) is 2. The van der Waals surface area contributed by atoms with Gasteiger partial charge in [-0.2, -0.15) is 0 Å². The van der Waals surface area contributed by atoms with Crippen LogP contribution in [0.5, 0.6) is 0 Å². The predicted molar refractivity (Wildman–Crippen MR) is 66.4 cm³/mol. The number of oxime groups is 1. The molecule has 0 aromatic heterocycles. The normalized spacial score (nSPS) is 15.7. The van der Waals surface area contributed by atoms with Crippen LogP contribution in [0.3, 0.4) is 0 Å². The molecule has 0 bridgehead atoms. The van der Waals surface area contributed by atoms with Gasteiger partial charge in [0.05, 0.1) is 5.71 Å². The van der Waals surface area contributed by atoms with Gasteiger partial charge in [-0.1, -0.05) is 23.4 Å². The zero-order valence-corrected chi connectivity index (χ0v) is 9.81. The molecule has 0 unspecified atom stereocenters. The van der Waals surface area contributed by atoms with Crippen LogP contribution in [-0.4, -0.2) is 16.8 Å². The van der Waals surface area contributed by atoms with Crippen molar-refractivity contribution in [2.24, 2.45) is 11.1 Å². The fraction of sp³-hybridized carbons (Fsp3) is 0.385. The van der Waals surface area contributed by atoms with E-state index >= 15 is 0 Å². The standard InChI is InChI=1S/C13H16N2O2/c1-9(15-17)11-4-2-3-5-12(11)14-13(16)8-10-6-7-10/h2-5,10,17H,6-8H2,1H3,(H,14,16). The molecule has 1 aliphatic rings. The van der Waals surface area contributed by atoms with Crippen LogP contribution in [0.2, 0.25) is 0 Å². The van der Waals surface area contributed by atoms with E-state index in [1.54, 1.807) is 6.92 Å². The molecule has 0 heterocycles. The van der Waals surface area contributed by atoms with Crippen molar-refractivity contribution in [2.75, 3.05) is 5.32 Å². The fourth-order valence-electron chi connectivity index (χ4n) is 1.75. The van der Waals surface area contributed by atoms with E-state index < -0.39 is 0 Å². The molecule has 0 saturated heterocycles. The van der Waals surface area contributed by atoms with E-state index in [0.717, 1.165) is 18.4 Å². The van der Waals surface area contributed by atoms with E-state index in [1.807, 2.05) is 24.3 Å². The average molecular weight is 232 g/mol. The van der Waals surface area contributed by atoms with Crippen molar-refractivity contribution in [3.8, 4) is 0 Å². The van der Waals surface area contributed by atoms with Crippen LogP contribution in [0.1, 0.15) is 31.7 Å². The molecular weight excluding hydrogens is 216 g/mol. The quantitative estimate of drug-likeness (QED) is 0.476. The highest BCUT2D eigenvalue weighted by Gasteiger charge is 2.24. The molecule has 2 N–H and O–H groups in total. The van der Waals surface area contributed by atoms with Gasteiger partial charge < -0.3 is 10.5 Å². The summed E-state index contributed by atoms with van der Waals surface area (Å²) in [5.74, 6) is 0.598. The summed E-state index contributed by atoms with van der Waals surface area (Å²) in [5, 5.41) is 14.8. The first-order valence-electron chi connectivity index (χ1n) is 5.78. The molecule has 0 atom stereocenters. The number of benzene rings is 1. The third-order valence-corrected chi connectivity index (χ3v) is 2.91. The second-order valence-corrected chi connectivity index (χ2v) is 4.43. The first-order valence-corrected chi connectivity index (χ1v) is 5.78. The molecule has 1 fully saturated rings. The smallest absolute Gasteiger partial charge is 0.224 e. The Bertz CT molecular complexity index is 450. The summed E-state index contributed by atoms with van der Waals surface area (Å²) in [6, 6.07) is 7.33. The van der Waals surface area contributed by atoms with Crippen molar-refractivity contribution in [2.45, 2.75) is 26.2 Å². The highest BCUT2D eigenvalue weighted by atomic mass is 16.4. The van der Waals surface area contributed by atoms with Gasteiger partial charge in [-0.05, 0) is 31.7 Å². The molecule has 4 heteroatoms. The van der Waals surface area contributed by atoms with Gasteiger partial charge in [0.2, 0.25) is 5.91 Å². The number of rotatable bonds is 4. The molecule has 0 radical (unpaired) electrons. The van der Waals surface area contributed by atoms with E-state index in [0.29, 0.717) is 23.7 Å². The minimum Gasteiger partial charge on any atom is -0.411 e. The molecular formula is C13H16N2O2. The topological polar surface area (TPSA) is 61.7 Å². The predicted octanol–water partition coefficient (Wildman–Crippen LogP) is 2.62. The highest BCUT2D eigenvalue weighted by Crippen LogP contribution is 2.32. The van der Waals surface area contributed by atoms with Gasteiger partial charge >= 0.3 is 0 Å². The number of anilines is 1. The van der Waals surface area contributed by atoms with Crippen LogP contribution in [0, 0.1) is 5.92 Å². The first kappa shape index (κ1) is 11.6. The Labute approximate surface area is 100 Å². The van der Waals surface area contributed by atoms with Gasteiger partial charge in [0, 0.05) is 17.7 Å². The molecule has 1 aromatic rings. The number of carbonyl (C=O) groups is 1. The largest absolute Gasteiger partial charge is 0.411 e. The van der Waals surface area contributed by atoms with Gasteiger partial charge in [0.1, 0.15) is 0 Å². The summed E-state index contributed by atoms with van der Waals surface area (Å²) >= 11 is 0. The molecule has 1 saturated carbocycles. The summed E-state index contributed by atoms with van der Waals surface area (Å²) in [7, 11) is 0. The zero-order valence-electron chi connectivity index (χ0n) is 9.81. The number of para-hydroxylation sites is 1. The Hall–Kier alpha value is -1.84. The number of hydrogen-bond acceptors (Lipinski definition) is 3. The van der Waals surface area contributed by atoms with Gasteiger partial charge in [0.25, 0.3) is 0 Å². The number of nitrogens with zero attached hydrogens (tertiary/aromatic N) is 1. The zero-order chi connectivity index (χ0) is 12.3. The summed E-state index contributed by atoms with van der Waals surface area (Å²) in [6.07, 6.45) is 2.90. The van der Waals surface area contributed by atoms with Crippen LogP contribution in [0.15, 0.2) is 29.4 Å². The Balaban J connectivity index is 2.11. The number of nitrogens with one attached hydrogen (secondary N) is 1. The first-order chi connectivity index (χ1) is 8.20. The van der Waals surface area contributed by atoms with Crippen LogP contribution >= 0.6 is 0 Å². The minimum absolute atomic E-state index is 0.0330. The molecule has 0 spiro atoms. The Morgan fingerprint density at radius 3 is 2.82 bits per heavy atom. The van der Waals surface area contributed by atoms with Gasteiger partial charge in [-0.3, -0.25) is 4.79 Å². The van der Waals surface area contributed by atoms with E-state index in [1.165, 1.54) is 0 Å². The van der Waals surface area contributed by atoms with Gasteiger partial charge in [-0.15, -0.1) is 0 Å². The van der Waals surface area contributed by atoms with Crippen molar-refractivity contribution in [3.05, 3.63) is 29.8 Å². The maximum atomic E-state index is 11.7. The highest BCUT2D eigenvalue weighted by molar-refractivity contribution is 6.06. The van der Waals surface area contributed by atoms with E-state index in [4.69, 9.17) is 5.21 Å². The second-order valence-electron chi connectivity index (χ2n) is 4.43. The van der Waals surface area contributed by atoms with Crippen molar-refractivity contribution < 1.29 is 10.0 Å². The van der Waals surface area contributed by atoms with E-state index in [2.05, 4.69) is 10.5 Å². The number of carbonyl (C=O) groups excluding carboxylic acids is 1. The van der Waals surface area contributed by atoms with E-state index in [9.17, 15) is 4.79 Å². The van der Waals surface area contributed by atoms with Gasteiger partial charge in [-0.25, -0.2) is 0 Å². The van der Waals surface area contributed by atoms with Crippen LogP contribution in [0.4, 0.5) is 5.69 Å². The van der Waals surface area contributed by atoms with Crippen molar-refractivity contribution >= 4 is 17.3 Å². The maximum absolute atomic E-state index is 11.7. The van der Waals surface area contributed by atoms with Crippen molar-refractivity contribution in [1.29, 1.82) is 0 Å². The molecule has 2 rings (SSSR count). The SMILES string of the molecule is CC(=NO)c1ccccc1NC(=O)CC1CC1. The summed E-state index contributed by atoms with van der Waals surface area (Å²) < 4.78 is 0. The summed E-state index contributed by atoms with van der Waals surface area (Å²) in [5.41, 5.74) is 1.94. The van der Waals surface area contributed by atoms with Crippen LogP contribution < -0.4 is 5.32 Å². The molecule has 17 heavy (non-hydrogen) atoms. The van der Waals surface area contributed by atoms with Crippen LogP contribution in [0.25, 0.3) is 0 Å². The number of amides is 1. The lowest BCUT2D eigenvalue weighted by molar-refractivity contribution is -0.116. The molecule has 4 nitrogen and oxygen atoms in total. The lowest BCUT2D eigenvalue weighted by Crippen LogP contribution is -2.14. The molecule has 1 aliphatic carbocycles. The average Bonchev–Trinajstić information content (AvgIpc) is 3.12. The maximum Gasteiger partial charge on any atom is 0.224 e. The minimum atomic E-state index is 0.0330. The third-order valence-electron chi connectivity index (χ3n) is 2.91. The summed E-state index contributed by atoms with van der Waals surface area (Å²) in [4.78, 5) is 11.7. The lowest BCUT2D eigenvalue weighted by Gasteiger charge is -2.09. The Kier molecular flexibility index (Phi) is 3.42. The summed E-state index contributed by atoms with van der Waals surface area (Å²) in [6.45, 7) is 1.70. The fourth-order valence-corrected chi connectivity index (χ4v) is 1.75. The molecule has 1 aromatic carbocycles. The Morgan fingerprint density at radius 2 is 2.18 bits per heavy atom. The third kappa shape index (κ3) is 3.06. The van der Waals surface area contributed by atoms with Gasteiger partial charge in [0.15, 0.2) is 0 Å². The van der Waals surface area contributed by atoms with Crippen LogP contribution in [-0.2, 0) is 4.79 Å². The van der Waals surface area contributed by atoms with E-state index in [-0.39, 0.29) is 5.91 Å². The molecule has 0 aliphatic heterocycles. The second kappa shape index (κ2) is 4.99. The van der Waals surface area contributed by atoms with Crippen molar-refractivity contribution in [3.63, 3.8) is 0 Å². The molecule has 90 valence electrons. The van der Waals surface area contributed by atoms with Crippen molar-refractivity contribution in [1.82, 2.24) is 0 Å². The monoisotopic (exact) mass is 232 g/mol. The Morgan fingerprint density at radius 1 is 1.47 bits per heavy atom.